The third-order valence-electron chi connectivity index (χ3n) is 4.62. The van der Waals surface area contributed by atoms with E-state index in [9.17, 15) is 13.2 Å². The Balaban J connectivity index is 1.99. The van der Waals surface area contributed by atoms with Crippen molar-refractivity contribution in [3.05, 3.63) is 53.5 Å². The molecule has 1 aliphatic rings. The molecule has 0 saturated carbocycles. The van der Waals surface area contributed by atoms with Gasteiger partial charge in [0.05, 0.1) is 23.7 Å². The van der Waals surface area contributed by atoms with Gasteiger partial charge in [-0.3, -0.25) is 0 Å². The van der Waals surface area contributed by atoms with Crippen LogP contribution in [0.3, 0.4) is 0 Å². The molecule has 7 heteroatoms. The third-order valence-corrected chi connectivity index (χ3v) is 4.62. The van der Waals surface area contributed by atoms with Crippen molar-refractivity contribution in [2.45, 2.75) is 26.1 Å². The number of hydrogen-bond acceptors (Lipinski definition) is 2. The summed E-state index contributed by atoms with van der Waals surface area (Å²) < 4.78 is 40.1. The molecule has 1 aromatic heterocycles. The lowest BCUT2D eigenvalue weighted by Crippen LogP contribution is -2.45. The van der Waals surface area contributed by atoms with Gasteiger partial charge >= 0.3 is 6.18 Å². The number of aromatic nitrogens is 2. The SMILES string of the molecule is [C-]#[N+]CC1(CC)CN(c2ccc(C(F)(F)F)cc2)c2ccnn2C1. The Hall–Kier alpha value is -2.49. The van der Waals surface area contributed by atoms with E-state index >= 15 is 0 Å². The molecule has 1 aliphatic heterocycles. The quantitative estimate of drug-likeness (QED) is 0.779. The molecule has 0 N–H and O–H groups in total. The average molecular weight is 334 g/mol. The van der Waals surface area contributed by atoms with E-state index in [1.807, 2.05) is 22.6 Å². The van der Waals surface area contributed by atoms with E-state index in [4.69, 9.17) is 6.57 Å². The second-order valence-electron chi connectivity index (χ2n) is 6.15. The van der Waals surface area contributed by atoms with Crippen LogP contribution in [-0.4, -0.2) is 22.9 Å². The summed E-state index contributed by atoms with van der Waals surface area (Å²) in [6, 6.07) is 6.98. The molecule has 3 rings (SSSR count). The van der Waals surface area contributed by atoms with Gasteiger partial charge in [0.1, 0.15) is 5.82 Å². The fourth-order valence-corrected chi connectivity index (χ4v) is 3.12. The first-order valence-corrected chi connectivity index (χ1v) is 7.68. The number of benzene rings is 1. The van der Waals surface area contributed by atoms with Crippen molar-refractivity contribution in [1.29, 1.82) is 0 Å². The number of anilines is 2. The fraction of sp³-hybridized carbons (Fsp3) is 0.412. The van der Waals surface area contributed by atoms with Gasteiger partial charge in [-0.2, -0.15) is 18.3 Å². The zero-order valence-electron chi connectivity index (χ0n) is 13.2. The summed E-state index contributed by atoms with van der Waals surface area (Å²) in [7, 11) is 0. The summed E-state index contributed by atoms with van der Waals surface area (Å²) in [6.07, 6.45) is -1.87. The topological polar surface area (TPSA) is 25.4 Å². The number of halogens is 3. The van der Waals surface area contributed by atoms with Crippen LogP contribution in [-0.2, 0) is 12.7 Å². The molecule has 4 nitrogen and oxygen atoms in total. The third kappa shape index (κ3) is 2.84. The van der Waals surface area contributed by atoms with Crippen LogP contribution in [0.2, 0.25) is 0 Å². The molecule has 1 unspecified atom stereocenters. The maximum atomic E-state index is 12.8. The average Bonchev–Trinajstić information content (AvgIpc) is 3.02. The Morgan fingerprint density at radius 2 is 1.92 bits per heavy atom. The van der Waals surface area contributed by atoms with Gasteiger partial charge in [0.25, 0.3) is 0 Å². The molecule has 0 saturated heterocycles. The van der Waals surface area contributed by atoms with E-state index in [0.717, 1.165) is 24.4 Å². The highest BCUT2D eigenvalue weighted by atomic mass is 19.4. The van der Waals surface area contributed by atoms with Crippen LogP contribution in [0.15, 0.2) is 36.5 Å². The highest BCUT2D eigenvalue weighted by Gasteiger charge is 2.40. The predicted octanol–water partition coefficient (Wildman–Crippen LogP) is 4.37. The number of hydrogen-bond donors (Lipinski definition) is 0. The van der Waals surface area contributed by atoms with Crippen LogP contribution >= 0.6 is 0 Å². The Kier molecular flexibility index (Phi) is 3.99. The molecular formula is C17H17F3N4. The first-order valence-electron chi connectivity index (χ1n) is 7.68. The van der Waals surface area contributed by atoms with Crippen molar-refractivity contribution in [3.63, 3.8) is 0 Å². The van der Waals surface area contributed by atoms with E-state index in [0.29, 0.717) is 25.3 Å². The maximum Gasteiger partial charge on any atom is 0.416 e. The largest absolute Gasteiger partial charge is 0.416 e. The monoisotopic (exact) mass is 334 g/mol. The number of rotatable bonds is 3. The summed E-state index contributed by atoms with van der Waals surface area (Å²) in [5.41, 5.74) is -0.254. The van der Waals surface area contributed by atoms with E-state index in [1.54, 1.807) is 6.20 Å². The van der Waals surface area contributed by atoms with Crippen molar-refractivity contribution < 1.29 is 13.2 Å². The number of nitrogens with zero attached hydrogens (tertiary/aromatic N) is 4. The van der Waals surface area contributed by atoms with Crippen molar-refractivity contribution in [2.24, 2.45) is 5.41 Å². The Morgan fingerprint density at radius 3 is 2.50 bits per heavy atom. The van der Waals surface area contributed by atoms with Crippen LogP contribution in [0.1, 0.15) is 18.9 Å². The molecular weight excluding hydrogens is 317 g/mol. The molecule has 1 aromatic carbocycles. The molecule has 0 aliphatic carbocycles. The van der Waals surface area contributed by atoms with E-state index in [2.05, 4.69) is 9.94 Å². The molecule has 24 heavy (non-hydrogen) atoms. The highest BCUT2D eigenvalue weighted by Crippen LogP contribution is 2.39. The number of alkyl halides is 3. The van der Waals surface area contributed by atoms with E-state index < -0.39 is 11.7 Å². The van der Waals surface area contributed by atoms with Gasteiger partial charge in [-0.05, 0) is 30.7 Å². The van der Waals surface area contributed by atoms with Crippen molar-refractivity contribution in [2.75, 3.05) is 18.0 Å². The molecule has 0 amide bonds. The van der Waals surface area contributed by atoms with Gasteiger partial charge < -0.3 is 9.74 Å². The van der Waals surface area contributed by atoms with Gasteiger partial charge in [0.2, 0.25) is 6.54 Å². The molecule has 0 bridgehead atoms. The van der Waals surface area contributed by atoms with Crippen LogP contribution in [0, 0.1) is 12.0 Å². The standard InChI is InChI=1S/C17H17F3N4/c1-3-16(10-21-2)11-23(15-8-9-22-24(15)12-16)14-6-4-13(5-7-14)17(18,19)20/h4-9H,3,10-12H2,1H3. The Bertz CT molecular complexity index is 757. The smallest absolute Gasteiger partial charge is 0.326 e. The van der Waals surface area contributed by atoms with E-state index in [-0.39, 0.29) is 5.41 Å². The zero-order valence-corrected chi connectivity index (χ0v) is 13.2. The van der Waals surface area contributed by atoms with Crippen LogP contribution < -0.4 is 4.90 Å². The van der Waals surface area contributed by atoms with Crippen LogP contribution in [0.4, 0.5) is 24.7 Å². The second kappa shape index (κ2) is 5.86. The minimum atomic E-state index is -4.35. The molecule has 2 heterocycles. The van der Waals surface area contributed by atoms with Gasteiger partial charge in [-0.15, -0.1) is 0 Å². The first-order chi connectivity index (χ1) is 11.4. The maximum absolute atomic E-state index is 12.8. The van der Waals surface area contributed by atoms with Gasteiger partial charge in [0, 0.05) is 18.3 Å². The molecule has 2 aromatic rings. The van der Waals surface area contributed by atoms with Crippen molar-refractivity contribution >= 4 is 11.5 Å². The summed E-state index contributed by atoms with van der Waals surface area (Å²) in [5, 5.41) is 4.31. The minimum absolute atomic E-state index is 0.260. The summed E-state index contributed by atoms with van der Waals surface area (Å²) in [4.78, 5) is 5.52. The molecule has 0 spiro atoms. The molecule has 0 fully saturated rings. The van der Waals surface area contributed by atoms with Crippen molar-refractivity contribution in [1.82, 2.24) is 9.78 Å². The molecule has 1 atom stereocenters. The van der Waals surface area contributed by atoms with Gasteiger partial charge in [0.15, 0.2) is 0 Å². The minimum Gasteiger partial charge on any atom is -0.326 e. The van der Waals surface area contributed by atoms with Crippen LogP contribution in [0.5, 0.6) is 0 Å². The lowest BCUT2D eigenvalue weighted by atomic mass is 9.83. The zero-order chi connectivity index (χ0) is 17.4. The second-order valence-corrected chi connectivity index (χ2v) is 6.15. The van der Waals surface area contributed by atoms with Gasteiger partial charge in [-0.1, -0.05) is 6.92 Å². The normalized spacial score (nSPS) is 20.5. The summed E-state index contributed by atoms with van der Waals surface area (Å²) >= 11 is 0. The van der Waals surface area contributed by atoms with Crippen molar-refractivity contribution in [3.8, 4) is 0 Å². The Labute approximate surface area is 138 Å². The first kappa shape index (κ1) is 16.4. The highest BCUT2D eigenvalue weighted by molar-refractivity contribution is 5.61. The fourth-order valence-electron chi connectivity index (χ4n) is 3.12. The predicted molar refractivity (Wildman–Crippen MR) is 84.9 cm³/mol. The summed E-state index contributed by atoms with van der Waals surface area (Å²) in [5.74, 6) is 0.837. The van der Waals surface area contributed by atoms with E-state index in [1.165, 1.54) is 12.1 Å². The lowest BCUT2D eigenvalue weighted by Gasteiger charge is -2.40. The molecule has 0 radical (unpaired) electrons. The van der Waals surface area contributed by atoms with Crippen LogP contribution in [0.25, 0.3) is 4.85 Å². The summed E-state index contributed by atoms with van der Waals surface area (Å²) in [6.45, 7) is 10.9. The molecule has 126 valence electrons. The number of fused-ring (bicyclic) bond motifs is 1. The van der Waals surface area contributed by atoms with Gasteiger partial charge in [-0.25, -0.2) is 11.3 Å². The lowest BCUT2D eigenvalue weighted by molar-refractivity contribution is -0.137. The Morgan fingerprint density at radius 1 is 1.21 bits per heavy atom.